The van der Waals surface area contributed by atoms with Crippen LogP contribution in [-0.4, -0.2) is 14.2 Å². The van der Waals surface area contributed by atoms with Gasteiger partial charge in [-0.15, -0.1) is 12.4 Å². The molecule has 0 heterocycles. The lowest BCUT2D eigenvalue weighted by molar-refractivity contribution is 0.414. The van der Waals surface area contributed by atoms with Gasteiger partial charge in [0.05, 0.1) is 14.2 Å². The Kier molecular flexibility index (Phi) is 8.97. The third kappa shape index (κ3) is 7.19. The molecule has 0 atom stereocenters. The number of nitrogen functional groups attached to an aromatic ring is 1. The molecule has 0 spiro atoms. The molecule has 0 aliphatic heterocycles. The van der Waals surface area contributed by atoms with E-state index in [4.69, 9.17) is 15.2 Å². The molecule has 132 valence electrons. The van der Waals surface area contributed by atoms with Crippen LogP contribution < -0.4 is 15.2 Å². The summed E-state index contributed by atoms with van der Waals surface area (Å²) in [5.41, 5.74) is 8.83. The number of rotatable bonds is 4. The highest BCUT2D eigenvalue weighted by Crippen LogP contribution is 2.14. The predicted molar refractivity (Wildman–Crippen MR) is 107 cm³/mol. The van der Waals surface area contributed by atoms with E-state index in [1.165, 1.54) is 11.1 Å². The summed E-state index contributed by atoms with van der Waals surface area (Å²) in [4.78, 5) is 0. The second-order valence-electron chi connectivity index (χ2n) is 5.28. The van der Waals surface area contributed by atoms with Gasteiger partial charge >= 0.3 is 0 Å². The smallest absolute Gasteiger partial charge is 0.119 e. The Balaban J connectivity index is 0.000000270. The molecule has 0 fully saturated rings. The number of anilines is 1. The van der Waals surface area contributed by atoms with Crippen LogP contribution in [0.5, 0.6) is 11.5 Å². The van der Waals surface area contributed by atoms with E-state index in [1.807, 2.05) is 30.3 Å². The maximum atomic E-state index is 5.43. The topological polar surface area (TPSA) is 44.5 Å². The van der Waals surface area contributed by atoms with Gasteiger partial charge in [0.1, 0.15) is 11.5 Å². The van der Waals surface area contributed by atoms with Crippen molar-refractivity contribution >= 4 is 18.1 Å². The van der Waals surface area contributed by atoms with Crippen molar-refractivity contribution in [2.45, 2.75) is 6.42 Å². The second-order valence-corrected chi connectivity index (χ2v) is 5.28. The molecule has 0 saturated carbocycles. The van der Waals surface area contributed by atoms with Crippen LogP contribution in [0.15, 0.2) is 78.9 Å². The molecule has 0 bridgehead atoms. The highest BCUT2D eigenvalue weighted by molar-refractivity contribution is 5.85. The van der Waals surface area contributed by atoms with Gasteiger partial charge in [0.2, 0.25) is 0 Å². The van der Waals surface area contributed by atoms with E-state index in [1.54, 1.807) is 26.4 Å². The molecule has 0 amide bonds. The lowest BCUT2D eigenvalue weighted by Crippen LogP contribution is -1.88. The Morgan fingerprint density at radius 1 is 0.640 bits per heavy atom. The first-order valence-electron chi connectivity index (χ1n) is 7.77. The van der Waals surface area contributed by atoms with E-state index >= 15 is 0 Å². The molecular formula is C21H24ClNO2. The fourth-order valence-electron chi connectivity index (χ4n) is 2.18. The van der Waals surface area contributed by atoms with Gasteiger partial charge in [-0.1, -0.05) is 42.5 Å². The number of nitrogens with two attached hydrogens (primary N) is 1. The minimum absolute atomic E-state index is 0. The van der Waals surface area contributed by atoms with Crippen molar-refractivity contribution in [3.05, 3.63) is 90.0 Å². The van der Waals surface area contributed by atoms with Crippen molar-refractivity contribution < 1.29 is 9.47 Å². The Labute approximate surface area is 155 Å². The molecule has 0 aromatic heterocycles. The van der Waals surface area contributed by atoms with Crippen LogP contribution in [0.2, 0.25) is 0 Å². The van der Waals surface area contributed by atoms with Crippen molar-refractivity contribution in [1.29, 1.82) is 0 Å². The summed E-state index contributed by atoms with van der Waals surface area (Å²) < 4.78 is 10.0. The van der Waals surface area contributed by atoms with Crippen LogP contribution >= 0.6 is 12.4 Å². The number of halogens is 1. The van der Waals surface area contributed by atoms with Gasteiger partial charge in [0.15, 0.2) is 0 Å². The molecule has 0 saturated heterocycles. The maximum Gasteiger partial charge on any atom is 0.119 e. The van der Waals surface area contributed by atoms with E-state index < -0.39 is 0 Å². The fourth-order valence-corrected chi connectivity index (χ4v) is 2.18. The number of ether oxygens (including phenoxy) is 2. The molecule has 0 unspecified atom stereocenters. The van der Waals surface area contributed by atoms with E-state index in [0.717, 1.165) is 23.6 Å². The van der Waals surface area contributed by atoms with Crippen molar-refractivity contribution in [2.24, 2.45) is 0 Å². The van der Waals surface area contributed by atoms with Crippen molar-refractivity contribution in [1.82, 2.24) is 0 Å². The van der Waals surface area contributed by atoms with Gasteiger partial charge in [-0.2, -0.15) is 0 Å². The first-order chi connectivity index (χ1) is 11.7. The molecule has 3 aromatic rings. The molecule has 25 heavy (non-hydrogen) atoms. The number of hydrogen-bond acceptors (Lipinski definition) is 3. The van der Waals surface area contributed by atoms with Crippen LogP contribution in [0, 0.1) is 0 Å². The van der Waals surface area contributed by atoms with Crippen molar-refractivity contribution in [3.63, 3.8) is 0 Å². The SMILES string of the molecule is COc1ccc(Cc2ccccc2)cc1.COc1ccc(N)cc1.Cl. The highest BCUT2D eigenvalue weighted by Gasteiger charge is 1.96. The summed E-state index contributed by atoms with van der Waals surface area (Å²) in [5, 5.41) is 0. The second kappa shape index (κ2) is 11.0. The summed E-state index contributed by atoms with van der Waals surface area (Å²) in [6.45, 7) is 0. The molecule has 3 aromatic carbocycles. The van der Waals surface area contributed by atoms with Gasteiger partial charge in [0.25, 0.3) is 0 Å². The summed E-state index contributed by atoms with van der Waals surface area (Å²) in [6.07, 6.45) is 0.977. The molecule has 4 heteroatoms. The molecule has 0 aliphatic rings. The van der Waals surface area contributed by atoms with E-state index in [2.05, 4.69) is 36.4 Å². The summed E-state index contributed by atoms with van der Waals surface area (Å²) in [7, 11) is 3.32. The minimum atomic E-state index is 0. The Morgan fingerprint density at radius 3 is 1.56 bits per heavy atom. The van der Waals surface area contributed by atoms with Gasteiger partial charge in [-0.25, -0.2) is 0 Å². The summed E-state index contributed by atoms with van der Waals surface area (Å²) in [5.74, 6) is 1.75. The number of methoxy groups -OCH3 is 2. The van der Waals surface area contributed by atoms with Gasteiger partial charge < -0.3 is 15.2 Å². The van der Waals surface area contributed by atoms with Crippen molar-refractivity contribution in [3.8, 4) is 11.5 Å². The third-order valence-corrected chi connectivity index (χ3v) is 3.53. The first-order valence-corrected chi connectivity index (χ1v) is 7.77. The zero-order chi connectivity index (χ0) is 17.2. The van der Waals surface area contributed by atoms with Crippen LogP contribution in [0.4, 0.5) is 5.69 Å². The van der Waals surface area contributed by atoms with Crippen LogP contribution in [0.1, 0.15) is 11.1 Å². The average Bonchev–Trinajstić information content (AvgIpc) is 2.64. The minimum Gasteiger partial charge on any atom is -0.497 e. The molecule has 0 aliphatic carbocycles. The first kappa shape index (κ1) is 20.4. The monoisotopic (exact) mass is 357 g/mol. The molecule has 2 N–H and O–H groups in total. The normalized spacial score (nSPS) is 9.20. The lowest BCUT2D eigenvalue weighted by atomic mass is 10.1. The standard InChI is InChI=1S/C14H14O.C7H9NO.ClH/c1-15-14-9-7-13(8-10-14)11-12-5-3-2-4-6-12;1-9-7-4-2-6(8)3-5-7;/h2-10H,11H2,1H3;2-5H,8H2,1H3;1H. The van der Waals surface area contributed by atoms with E-state index in [0.29, 0.717) is 0 Å². The van der Waals surface area contributed by atoms with Crippen molar-refractivity contribution in [2.75, 3.05) is 20.0 Å². The molecular weight excluding hydrogens is 334 g/mol. The zero-order valence-electron chi connectivity index (χ0n) is 14.5. The summed E-state index contributed by atoms with van der Waals surface area (Å²) >= 11 is 0. The fraction of sp³-hybridized carbons (Fsp3) is 0.143. The molecule has 0 radical (unpaired) electrons. The van der Waals surface area contributed by atoms with Gasteiger partial charge in [-0.3, -0.25) is 0 Å². The zero-order valence-corrected chi connectivity index (χ0v) is 15.3. The highest BCUT2D eigenvalue weighted by atomic mass is 35.5. The largest absolute Gasteiger partial charge is 0.497 e. The van der Waals surface area contributed by atoms with Gasteiger partial charge in [-0.05, 0) is 53.9 Å². The van der Waals surface area contributed by atoms with E-state index in [-0.39, 0.29) is 12.4 Å². The molecule has 3 nitrogen and oxygen atoms in total. The quantitative estimate of drug-likeness (QED) is 0.669. The Hall–Kier alpha value is -2.65. The lowest BCUT2D eigenvalue weighted by Gasteiger charge is -2.03. The van der Waals surface area contributed by atoms with Crippen LogP contribution in [-0.2, 0) is 6.42 Å². The maximum absolute atomic E-state index is 5.43. The van der Waals surface area contributed by atoms with E-state index in [9.17, 15) is 0 Å². The number of hydrogen-bond donors (Lipinski definition) is 1. The average molecular weight is 358 g/mol. The van der Waals surface area contributed by atoms with Gasteiger partial charge in [0, 0.05) is 5.69 Å². The van der Waals surface area contributed by atoms with Crippen LogP contribution in [0.3, 0.4) is 0 Å². The Bertz CT molecular complexity index is 713. The Morgan fingerprint density at radius 2 is 1.08 bits per heavy atom. The predicted octanol–water partition coefficient (Wildman–Crippen LogP) is 4.99. The van der Waals surface area contributed by atoms with Crippen LogP contribution in [0.25, 0.3) is 0 Å². The third-order valence-electron chi connectivity index (χ3n) is 3.53. The number of benzene rings is 3. The molecule has 3 rings (SSSR count). The summed E-state index contributed by atoms with van der Waals surface area (Å²) in [6, 6.07) is 25.9.